The third kappa shape index (κ3) is 0.307. The van der Waals surface area contributed by atoms with Crippen LogP contribution in [-0.2, 0) is 4.74 Å². The van der Waals surface area contributed by atoms with Crippen molar-refractivity contribution in [1.82, 2.24) is 0 Å². The van der Waals surface area contributed by atoms with E-state index in [0.717, 1.165) is 47.3 Å². The molecule has 4 bridgehead atoms. The number of thiol groups is 1. The summed E-state index contributed by atoms with van der Waals surface area (Å²) in [5.41, 5.74) is 0. The van der Waals surface area contributed by atoms with E-state index in [9.17, 15) is 0 Å². The van der Waals surface area contributed by atoms with Gasteiger partial charge in [-0.15, -0.1) is 12.6 Å². The lowest BCUT2D eigenvalue weighted by molar-refractivity contribution is 0.0312. The Morgan fingerprint density at radius 1 is 1.00 bits per heavy atom. The second-order valence-electron chi connectivity index (χ2n) is 6.26. The van der Waals surface area contributed by atoms with Crippen LogP contribution in [0.3, 0.4) is 0 Å². The molecular weight excluding hydrogens is 180 g/mol. The maximum atomic E-state index is 6.22. The average molecular weight is 192 g/mol. The van der Waals surface area contributed by atoms with Crippen LogP contribution in [0.2, 0.25) is 0 Å². The fourth-order valence-electron chi connectivity index (χ4n) is 6.97. The molecule has 0 radical (unpaired) electrons. The third-order valence-corrected chi connectivity index (χ3v) is 7.36. The van der Waals surface area contributed by atoms with Gasteiger partial charge in [0.2, 0.25) is 0 Å². The molecule has 0 aromatic heterocycles. The van der Waals surface area contributed by atoms with Gasteiger partial charge in [-0.3, -0.25) is 0 Å². The standard InChI is InChI=1S/C11H12OS/c13-11-8-3-1-2-4-5(3)9(11)7(4)10(12-11)6(2)8/h2-10,13H,1H2. The van der Waals surface area contributed by atoms with Gasteiger partial charge in [-0.1, -0.05) is 0 Å². The molecule has 68 valence electrons. The van der Waals surface area contributed by atoms with Crippen molar-refractivity contribution in [3.05, 3.63) is 0 Å². The predicted molar refractivity (Wildman–Crippen MR) is 49.1 cm³/mol. The van der Waals surface area contributed by atoms with Crippen molar-refractivity contribution in [1.29, 1.82) is 0 Å². The zero-order valence-electron chi connectivity index (χ0n) is 7.26. The zero-order valence-corrected chi connectivity index (χ0v) is 8.15. The van der Waals surface area contributed by atoms with Crippen LogP contribution in [0.4, 0.5) is 0 Å². The van der Waals surface area contributed by atoms with E-state index in [-0.39, 0.29) is 4.93 Å². The molecule has 0 spiro atoms. The van der Waals surface area contributed by atoms with Crippen molar-refractivity contribution in [3.63, 3.8) is 0 Å². The van der Waals surface area contributed by atoms with E-state index in [4.69, 9.17) is 17.4 Å². The van der Waals surface area contributed by atoms with E-state index >= 15 is 0 Å². The van der Waals surface area contributed by atoms with E-state index in [0.29, 0.717) is 6.10 Å². The second kappa shape index (κ2) is 1.26. The summed E-state index contributed by atoms with van der Waals surface area (Å²) in [5, 5.41) is 0. The first-order valence-electron chi connectivity index (χ1n) is 5.72. The molecule has 0 aromatic carbocycles. The first kappa shape index (κ1) is 6.02. The highest BCUT2D eigenvalue weighted by molar-refractivity contribution is 7.81. The van der Waals surface area contributed by atoms with E-state index in [2.05, 4.69) is 0 Å². The summed E-state index contributed by atoms with van der Waals surface area (Å²) in [5.74, 6) is 8.03. The number of hydrogen-bond acceptors (Lipinski definition) is 2. The maximum Gasteiger partial charge on any atom is 0.118 e. The van der Waals surface area contributed by atoms with E-state index < -0.39 is 0 Å². The minimum absolute atomic E-state index is 0.0804. The lowest BCUT2D eigenvalue weighted by atomic mass is 9.60. The van der Waals surface area contributed by atoms with Gasteiger partial charge in [-0.2, -0.15) is 0 Å². The molecule has 10 unspecified atom stereocenters. The van der Waals surface area contributed by atoms with Gasteiger partial charge in [-0.05, 0) is 41.9 Å². The van der Waals surface area contributed by atoms with Crippen molar-refractivity contribution in [2.24, 2.45) is 47.3 Å². The first-order chi connectivity index (χ1) is 6.32. The van der Waals surface area contributed by atoms with Gasteiger partial charge < -0.3 is 4.74 Å². The van der Waals surface area contributed by atoms with Crippen LogP contribution in [-0.4, -0.2) is 11.0 Å². The Kier molecular flexibility index (Phi) is 0.584. The summed E-state index contributed by atoms with van der Waals surface area (Å²) in [6, 6.07) is 0. The van der Waals surface area contributed by atoms with Gasteiger partial charge in [0, 0.05) is 11.8 Å². The minimum Gasteiger partial charge on any atom is -0.360 e. The molecule has 7 fully saturated rings. The van der Waals surface area contributed by atoms with Crippen molar-refractivity contribution in [2.45, 2.75) is 17.5 Å². The average Bonchev–Trinajstić information content (AvgIpc) is 2.58. The fraction of sp³-hybridized carbons (Fsp3) is 1.00. The zero-order chi connectivity index (χ0) is 8.11. The summed E-state index contributed by atoms with van der Waals surface area (Å²) in [4.78, 5) is 0.0804. The van der Waals surface area contributed by atoms with Crippen LogP contribution in [0.5, 0.6) is 0 Å². The van der Waals surface area contributed by atoms with Crippen molar-refractivity contribution < 1.29 is 4.74 Å². The van der Waals surface area contributed by atoms with Gasteiger partial charge in [0.25, 0.3) is 0 Å². The topological polar surface area (TPSA) is 9.23 Å². The maximum absolute atomic E-state index is 6.22. The molecule has 0 N–H and O–H groups in total. The Morgan fingerprint density at radius 3 is 2.85 bits per heavy atom. The minimum atomic E-state index is 0.0804. The van der Waals surface area contributed by atoms with Gasteiger partial charge in [0.05, 0.1) is 6.10 Å². The molecule has 2 aliphatic heterocycles. The lowest BCUT2D eigenvalue weighted by Gasteiger charge is -2.44. The second-order valence-corrected chi connectivity index (χ2v) is 6.96. The Labute approximate surface area is 82.6 Å². The van der Waals surface area contributed by atoms with Gasteiger partial charge in [0.15, 0.2) is 0 Å². The number of hydrogen-bond donors (Lipinski definition) is 1. The molecule has 0 aromatic rings. The van der Waals surface area contributed by atoms with E-state index in [1.165, 1.54) is 0 Å². The smallest absolute Gasteiger partial charge is 0.118 e. The highest BCUT2D eigenvalue weighted by Gasteiger charge is 2.92. The number of rotatable bonds is 0. The van der Waals surface area contributed by atoms with Crippen LogP contribution < -0.4 is 0 Å². The number of ether oxygens (including phenoxy) is 1. The van der Waals surface area contributed by atoms with Crippen LogP contribution in [0.25, 0.3) is 0 Å². The summed E-state index contributed by atoms with van der Waals surface area (Å²) in [6.45, 7) is 0. The molecule has 1 nitrogen and oxygen atoms in total. The molecule has 0 amide bonds. The van der Waals surface area contributed by atoms with Gasteiger partial charge in [0.1, 0.15) is 4.93 Å². The summed E-state index contributed by atoms with van der Waals surface area (Å²) in [6.07, 6.45) is 2.23. The molecule has 2 heteroatoms. The van der Waals surface area contributed by atoms with Gasteiger partial charge in [-0.25, -0.2) is 0 Å². The van der Waals surface area contributed by atoms with Crippen molar-refractivity contribution in [3.8, 4) is 0 Å². The first-order valence-corrected chi connectivity index (χ1v) is 6.17. The third-order valence-electron chi connectivity index (χ3n) is 6.66. The summed E-state index contributed by atoms with van der Waals surface area (Å²) < 4.78 is 6.22. The van der Waals surface area contributed by atoms with Crippen LogP contribution in [0, 0.1) is 47.3 Å². The van der Waals surface area contributed by atoms with Gasteiger partial charge >= 0.3 is 0 Å². The molecule has 5 saturated carbocycles. The van der Waals surface area contributed by atoms with Crippen LogP contribution in [0.15, 0.2) is 0 Å². The molecule has 5 aliphatic carbocycles. The predicted octanol–water partition coefficient (Wildman–Crippen LogP) is 1.40. The van der Waals surface area contributed by atoms with Crippen LogP contribution >= 0.6 is 12.6 Å². The Hall–Kier alpha value is 0.310. The molecule has 10 atom stereocenters. The molecule has 7 rings (SSSR count). The largest absolute Gasteiger partial charge is 0.360 e. The SMILES string of the molecule is SC12OC3C4C5CC(C6C5C3C61)C42. The van der Waals surface area contributed by atoms with Crippen molar-refractivity contribution in [2.75, 3.05) is 0 Å². The highest BCUT2D eigenvalue weighted by Crippen LogP contribution is 2.90. The molecule has 2 heterocycles. The molecule has 2 saturated heterocycles. The lowest BCUT2D eigenvalue weighted by Crippen LogP contribution is -2.46. The Bertz CT molecular complexity index is 356. The normalized spacial score (nSPS) is 93.5. The summed E-state index contributed by atoms with van der Waals surface area (Å²) >= 11 is 4.91. The molecule has 13 heavy (non-hydrogen) atoms. The fourth-order valence-corrected chi connectivity index (χ4v) is 7.80. The Morgan fingerprint density at radius 2 is 1.92 bits per heavy atom. The molecule has 7 aliphatic rings. The quantitative estimate of drug-likeness (QED) is 0.571. The summed E-state index contributed by atoms with van der Waals surface area (Å²) in [7, 11) is 0. The highest BCUT2D eigenvalue weighted by atomic mass is 32.1. The van der Waals surface area contributed by atoms with E-state index in [1.807, 2.05) is 0 Å². The van der Waals surface area contributed by atoms with E-state index in [1.54, 1.807) is 6.42 Å². The Balaban J connectivity index is 1.84. The van der Waals surface area contributed by atoms with Crippen molar-refractivity contribution >= 4 is 12.6 Å². The molecular formula is C11H12OS. The van der Waals surface area contributed by atoms with Crippen LogP contribution in [0.1, 0.15) is 6.42 Å². The monoisotopic (exact) mass is 192 g/mol.